The van der Waals surface area contributed by atoms with E-state index in [0.29, 0.717) is 11.7 Å². The fourth-order valence-corrected chi connectivity index (χ4v) is 3.37. The lowest BCUT2D eigenvalue weighted by atomic mass is 10.1. The van der Waals surface area contributed by atoms with Gasteiger partial charge < -0.3 is 9.64 Å². The molecule has 1 aromatic heterocycles. The third kappa shape index (κ3) is 3.50. The average molecular weight is 306 g/mol. The molecule has 2 aliphatic heterocycles. The Bertz CT molecular complexity index is 488. The number of H-pyrrole nitrogens is 1. The summed E-state index contributed by atoms with van der Waals surface area (Å²) in [6.07, 6.45) is 4.23. The quantitative estimate of drug-likeness (QED) is 0.911. The molecule has 0 aliphatic carbocycles. The van der Waals surface area contributed by atoms with Gasteiger partial charge in [0, 0.05) is 51.1 Å². The van der Waals surface area contributed by atoms with E-state index in [4.69, 9.17) is 4.74 Å². The Morgan fingerprint density at radius 2 is 2.05 bits per heavy atom. The highest BCUT2D eigenvalue weighted by atomic mass is 16.5. The van der Waals surface area contributed by atoms with Gasteiger partial charge in [0.2, 0.25) is 0 Å². The first kappa shape index (κ1) is 15.5. The van der Waals surface area contributed by atoms with Crippen molar-refractivity contribution in [3.63, 3.8) is 0 Å². The molecule has 1 amide bonds. The molecule has 22 heavy (non-hydrogen) atoms. The van der Waals surface area contributed by atoms with Gasteiger partial charge in [0.1, 0.15) is 5.69 Å². The molecule has 2 aliphatic rings. The molecular formula is C16H26N4O2. The summed E-state index contributed by atoms with van der Waals surface area (Å²) in [5.74, 6) is 0.0604. The van der Waals surface area contributed by atoms with E-state index in [2.05, 4.69) is 22.0 Å². The molecule has 3 rings (SSSR count). The number of rotatable bonds is 4. The van der Waals surface area contributed by atoms with E-state index in [1.54, 1.807) is 0 Å². The number of nitrogens with zero attached hydrogens (tertiary/aromatic N) is 3. The van der Waals surface area contributed by atoms with Crippen molar-refractivity contribution in [2.24, 2.45) is 0 Å². The Balaban J connectivity index is 1.52. The number of aryl methyl sites for hydroxylation is 1. The molecule has 0 spiro atoms. The Kier molecular flexibility index (Phi) is 5.10. The number of ether oxygens (including phenoxy) is 1. The Morgan fingerprint density at radius 1 is 1.32 bits per heavy atom. The molecule has 6 nitrogen and oxygen atoms in total. The number of hydrogen-bond acceptors (Lipinski definition) is 4. The fourth-order valence-electron chi connectivity index (χ4n) is 3.37. The maximum Gasteiger partial charge on any atom is 0.274 e. The summed E-state index contributed by atoms with van der Waals surface area (Å²) in [5.41, 5.74) is 1.61. The van der Waals surface area contributed by atoms with Gasteiger partial charge >= 0.3 is 0 Å². The molecule has 1 aromatic rings. The molecule has 1 N–H and O–H groups in total. The molecule has 122 valence electrons. The minimum Gasteiger partial charge on any atom is -0.381 e. The predicted molar refractivity (Wildman–Crippen MR) is 83.9 cm³/mol. The zero-order valence-electron chi connectivity index (χ0n) is 13.4. The molecular weight excluding hydrogens is 280 g/mol. The summed E-state index contributed by atoms with van der Waals surface area (Å²) < 4.78 is 5.43. The highest BCUT2D eigenvalue weighted by molar-refractivity contribution is 5.92. The lowest BCUT2D eigenvalue weighted by molar-refractivity contribution is 0.0136. The van der Waals surface area contributed by atoms with Crippen LogP contribution in [0.15, 0.2) is 6.07 Å². The van der Waals surface area contributed by atoms with Crippen LogP contribution in [0.3, 0.4) is 0 Å². The summed E-state index contributed by atoms with van der Waals surface area (Å²) in [5, 5.41) is 7.14. The molecule has 0 bridgehead atoms. The van der Waals surface area contributed by atoms with Crippen LogP contribution in [0.25, 0.3) is 0 Å². The molecule has 0 aromatic carbocycles. The highest BCUT2D eigenvalue weighted by Crippen LogP contribution is 2.17. The summed E-state index contributed by atoms with van der Waals surface area (Å²) >= 11 is 0. The Labute approximate surface area is 131 Å². The van der Waals surface area contributed by atoms with Gasteiger partial charge in [-0.05, 0) is 25.3 Å². The second-order valence-corrected chi connectivity index (χ2v) is 6.20. The number of piperazine rings is 1. The number of amides is 1. The Hall–Kier alpha value is -1.40. The molecule has 0 unspecified atom stereocenters. The third-order valence-corrected chi connectivity index (χ3v) is 4.68. The van der Waals surface area contributed by atoms with E-state index in [0.717, 1.165) is 70.8 Å². The standard InChI is InChI=1S/C16H26N4O2/c1-2-3-13-12-15(18-17-13)16(21)20-8-6-19(7-9-20)14-4-10-22-11-5-14/h12,14H,2-11H2,1H3,(H,17,18). The zero-order valence-corrected chi connectivity index (χ0v) is 13.4. The van der Waals surface area contributed by atoms with Gasteiger partial charge in [-0.3, -0.25) is 14.8 Å². The zero-order chi connectivity index (χ0) is 15.4. The SMILES string of the molecule is CCCc1cc(C(=O)N2CCN(C3CCOCC3)CC2)n[nH]1. The minimum atomic E-state index is 0.0604. The van der Waals surface area contributed by atoms with E-state index in [1.165, 1.54) is 0 Å². The summed E-state index contributed by atoms with van der Waals surface area (Å²) in [6, 6.07) is 2.53. The highest BCUT2D eigenvalue weighted by Gasteiger charge is 2.28. The van der Waals surface area contributed by atoms with Crippen LogP contribution in [0.2, 0.25) is 0 Å². The van der Waals surface area contributed by atoms with E-state index in [1.807, 2.05) is 11.0 Å². The van der Waals surface area contributed by atoms with Gasteiger partial charge in [0.15, 0.2) is 0 Å². The smallest absolute Gasteiger partial charge is 0.274 e. The fraction of sp³-hybridized carbons (Fsp3) is 0.750. The maximum absolute atomic E-state index is 12.5. The molecule has 6 heteroatoms. The lowest BCUT2D eigenvalue weighted by Crippen LogP contribution is -2.53. The summed E-state index contributed by atoms with van der Waals surface area (Å²) in [6.45, 7) is 7.38. The molecule has 3 heterocycles. The van der Waals surface area contributed by atoms with Crippen LogP contribution in [0.1, 0.15) is 42.4 Å². The number of hydrogen-bond donors (Lipinski definition) is 1. The van der Waals surface area contributed by atoms with Crippen LogP contribution in [0.4, 0.5) is 0 Å². The monoisotopic (exact) mass is 306 g/mol. The van der Waals surface area contributed by atoms with Crippen molar-refractivity contribution < 1.29 is 9.53 Å². The minimum absolute atomic E-state index is 0.0604. The van der Waals surface area contributed by atoms with Gasteiger partial charge in [0.25, 0.3) is 5.91 Å². The molecule has 2 saturated heterocycles. The summed E-state index contributed by atoms with van der Waals surface area (Å²) in [7, 11) is 0. The second-order valence-electron chi connectivity index (χ2n) is 6.20. The van der Waals surface area contributed by atoms with Crippen molar-refractivity contribution >= 4 is 5.91 Å². The van der Waals surface area contributed by atoms with E-state index >= 15 is 0 Å². The topological polar surface area (TPSA) is 61.5 Å². The number of carbonyl (C=O) groups is 1. The van der Waals surface area contributed by atoms with Gasteiger partial charge in [-0.15, -0.1) is 0 Å². The molecule has 2 fully saturated rings. The van der Waals surface area contributed by atoms with Gasteiger partial charge in [-0.2, -0.15) is 5.10 Å². The average Bonchev–Trinajstić information content (AvgIpc) is 3.04. The lowest BCUT2D eigenvalue weighted by Gasteiger charge is -2.40. The van der Waals surface area contributed by atoms with E-state index in [-0.39, 0.29) is 5.91 Å². The van der Waals surface area contributed by atoms with Gasteiger partial charge in [0.05, 0.1) is 0 Å². The van der Waals surface area contributed by atoms with Gasteiger partial charge in [-0.25, -0.2) is 0 Å². The molecule has 0 radical (unpaired) electrons. The van der Waals surface area contributed by atoms with Crippen molar-refractivity contribution in [2.75, 3.05) is 39.4 Å². The van der Waals surface area contributed by atoms with Gasteiger partial charge in [-0.1, -0.05) is 13.3 Å². The first-order valence-corrected chi connectivity index (χ1v) is 8.43. The number of aromatic nitrogens is 2. The van der Waals surface area contributed by atoms with E-state index in [9.17, 15) is 4.79 Å². The van der Waals surface area contributed by atoms with Crippen molar-refractivity contribution in [2.45, 2.75) is 38.6 Å². The third-order valence-electron chi connectivity index (χ3n) is 4.68. The van der Waals surface area contributed by atoms with Crippen molar-refractivity contribution in [3.8, 4) is 0 Å². The van der Waals surface area contributed by atoms with Crippen LogP contribution in [-0.2, 0) is 11.2 Å². The predicted octanol–water partition coefficient (Wildman–Crippen LogP) is 1.30. The number of carbonyl (C=O) groups excluding carboxylic acids is 1. The molecule has 0 atom stereocenters. The van der Waals surface area contributed by atoms with Crippen LogP contribution in [-0.4, -0.2) is 71.3 Å². The summed E-state index contributed by atoms with van der Waals surface area (Å²) in [4.78, 5) is 17.0. The van der Waals surface area contributed by atoms with Crippen molar-refractivity contribution in [1.29, 1.82) is 0 Å². The van der Waals surface area contributed by atoms with Crippen molar-refractivity contribution in [1.82, 2.24) is 20.0 Å². The normalized spacial score (nSPS) is 21.2. The van der Waals surface area contributed by atoms with Crippen LogP contribution < -0.4 is 0 Å². The Morgan fingerprint density at radius 3 is 2.73 bits per heavy atom. The first-order chi connectivity index (χ1) is 10.8. The van der Waals surface area contributed by atoms with Crippen molar-refractivity contribution in [3.05, 3.63) is 17.5 Å². The van der Waals surface area contributed by atoms with Crippen LogP contribution in [0, 0.1) is 0 Å². The first-order valence-electron chi connectivity index (χ1n) is 8.43. The molecule has 0 saturated carbocycles. The number of aromatic amines is 1. The largest absolute Gasteiger partial charge is 0.381 e. The number of nitrogens with one attached hydrogen (secondary N) is 1. The van der Waals surface area contributed by atoms with Crippen LogP contribution >= 0.6 is 0 Å². The van der Waals surface area contributed by atoms with E-state index < -0.39 is 0 Å². The van der Waals surface area contributed by atoms with Crippen LogP contribution in [0.5, 0.6) is 0 Å². The second kappa shape index (κ2) is 7.24. The maximum atomic E-state index is 12.5.